The van der Waals surface area contributed by atoms with E-state index in [1.165, 1.54) is 6.42 Å². The molecule has 0 radical (unpaired) electrons. The quantitative estimate of drug-likeness (QED) is 0.518. The zero-order valence-electron chi connectivity index (χ0n) is 9.62. The molecular formula is C12H20O3. The van der Waals surface area contributed by atoms with Crippen LogP contribution in [0, 0.1) is 0 Å². The fraction of sp³-hybridized carbons (Fsp3) is 0.750. The van der Waals surface area contributed by atoms with Crippen molar-refractivity contribution < 1.29 is 14.3 Å². The molecule has 86 valence electrons. The van der Waals surface area contributed by atoms with Crippen LogP contribution in [0.1, 0.15) is 39.5 Å². The van der Waals surface area contributed by atoms with E-state index in [-0.39, 0.29) is 6.29 Å². The molecule has 0 N–H and O–H groups in total. The van der Waals surface area contributed by atoms with Crippen LogP contribution in [0.5, 0.6) is 0 Å². The molecule has 1 saturated heterocycles. The lowest BCUT2D eigenvalue weighted by atomic mass is 10.1. The molecule has 0 aromatic carbocycles. The molecule has 1 heterocycles. The van der Waals surface area contributed by atoms with Gasteiger partial charge in [0.2, 0.25) is 0 Å². The smallest absolute Gasteiger partial charge is 0.157 e. The third kappa shape index (κ3) is 4.58. The number of aldehydes is 1. The van der Waals surface area contributed by atoms with E-state index in [0.717, 1.165) is 43.3 Å². The van der Waals surface area contributed by atoms with Crippen molar-refractivity contribution in [2.45, 2.75) is 45.8 Å². The summed E-state index contributed by atoms with van der Waals surface area (Å²) in [7, 11) is 0. The van der Waals surface area contributed by atoms with Crippen LogP contribution in [0.15, 0.2) is 11.1 Å². The largest absolute Gasteiger partial charge is 0.353 e. The first-order valence-corrected chi connectivity index (χ1v) is 5.58. The molecule has 0 aromatic heterocycles. The van der Waals surface area contributed by atoms with Crippen LogP contribution in [0.3, 0.4) is 0 Å². The number of ether oxygens (including phenoxy) is 2. The maximum absolute atomic E-state index is 10.5. The van der Waals surface area contributed by atoms with Crippen LogP contribution in [0.2, 0.25) is 0 Å². The number of allylic oxidation sites excluding steroid dienone is 1. The lowest BCUT2D eigenvalue weighted by Gasteiger charge is -2.22. The second kappa shape index (κ2) is 6.75. The zero-order valence-corrected chi connectivity index (χ0v) is 9.62. The fourth-order valence-electron chi connectivity index (χ4n) is 1.48. The summed E-state index contributed by atoms with van der Waals surface area (Å²) in [5.74, 6) is 0. The Balaban J connectivity index is 2.17. The Morgan fingerprint density at radius 2 is 2.27 bits per heavy atom. The van der Waals surface area contributed by atoms with Crippen molar-refractivity contribution >= 4 is 6.29 Å². The Morgan fingerprint density at radius 3 is 2.87 bits per heavy atom. The molecule has 0 aliphatic carbocycles. The fourth-order valence-corrected chi connectivity index (χ4v) is 1.48. The average molecular weight is 212 g/mol. The van der Waals surface area contributed by atoms with Crippen LogP contribution < -0.4 is 0 Å². The molecule has 1 rings (SSSR count). The highest BCUT2D eigenvalue weighted by Crippen LogP contribution is 2.15. The van der Waals surface area contributed by atoms with Gasteiger partial charge in [0.05, 0.1) is 6.61 Å². The van der Waals surface area contributed by atoms with E-state index < -0.39 is 0 Å². The highest BCUT2D eigenvalue weighted by atomic mass is 16.7. The summed E-state index contributed by atoms with van der Waals surface area (Å²) in [6.07, 6.45) is 5.01. The zero-order chi connectivity index (χ0) is 11.1. The van der Waals surface area contributed by atoms with Crippen molar-refractivity contribution in [2.24, 2.45) is 0 Å². The van der Waals surface area contributed by atoms with Gasteiger partial charge in [-0.15, -0.1) is 0 Å². The second-order valence-electron chi connectivity index (χ2n) is 4.00. The van der Waals surface area contributed by atoms with Gasteiger partial charge in [0.25, 0.3) is 0 Å². The van der Waals surface area contributed by atoms with Crippen LogP contribution in [-0.2, 0) is 14.3 Å². The first-order chi connectivity index (χ1) is 7.24. The van der Waals surface area contributed by atoms with E-state index in [4.69, 9.17) is 9.47 Å². The normalized spacial score (nSPS) is 23.5. The Labute approximate surface area is 91.4 Å². The topological polar surface area (TPSA) is 35.5 Å². The predicted molar refractivity (Wildman–Crippen MR) is 58.6 cm³/mol. The molecule has 15 heavy (non-hydrogen) atoms. The van der Waals surface area contributed by atoms with Gasteiger partial charge in [-0.25, -0.2) is 0 Å². The van der Waals surface area contributed by atoms with Crippen molar-refractivity contribution in [3.63, 3.8) is 0 Å². The van der Waals surface area contributed by atoms with Crippen LogP contribution in [0.25, 0.3) is 0 Å². The summed E-state index contributed by atoms with van der Waals surface area (Å²) in [6, 6.07) is 0. The number of rotatable bonds is 5. The van der Waals surface area contributed by atoms with Crippen LogP contribution >= 0.6 is 0 Å². The number of carbonyl (C=O) groups excluding carboxylic acids is 1. The van der Waals surface area contributed by atoms with Crippen molar-refractivity contribution in [1.29, 1.82) is 0 Å². The molecule has 1 fully saturated rings. The summed E-state index contributed by atoms with van der Waals surface area (Å²) >= 11 is 0. The minimum Gasteiger partial charge on any atom is -0.353 e. The van der Waals surface area contributed by atoms with E-state index in [1.54, 1.807) is 0 Å². The van der Waals surface area contributed by atoms with Gasteiger partial charge in [-0.2, -0.15) is 0 Å². The molecular weight excluding hydrogens is 192 g/mol. The molecule has 0 amide bonds. The van der Waals surface area contributed by atoms with Gasteiger partial charge >= 0.3 is 0 Å². The van der Waals surface area contributed by atoms with E-state index in [2.05, 4.69) is 0 Å². The van der Waals surface area contributed by atoms with E-state index in [1.807, 2.05) is 13.8 Å². The third-order valence-corrected chi connectivity index (χ3v) is 2.77. The molecule has 0 bridgehead atoms. The van der Waals surface area contributed by atoms with Gasteiger partial charge in [0.1, 0.15) is 6.29 Å². The van der Waals surface area contributed by atoms with Gasteiger partial charge in [-0.05, 0) is 45.1 Å². The van der Waals surface area contributed by atoms with Gasteiger partial charge < -0.3 is 9.47 Å². The van der Waals surface area contributed by atoms with E-state index in [9.17, 15) is 4.79 Å². The second-order valence-corrected chi connectivity index (χ2v) is 4.00. The maximum Gasteiger partial charge on any atom is 0.157 e. The number of carbonyl (C=O) groups is 1. The molecule has 1 aliphatic heterocycles. The first kappa shape index (κ1) is 12.4. The molecule has 1 atom stereocenters. The van der Waals surface area contributed by atoms with Crippen LogP contribution in [-0.4, -0.2) is 25.8 Å². The van der Waals surface area contributed by atoms with Crippen molar-refractivity contribution in [2.75, 3.05) is 13.2 Å². The molecule has 0 saturated carbocycles. The van der Waals surface area contributed by atoms with Crippen molar-refractivity contribution in [3.8, 4) is 0 Å². The van der Waals surface area contributed by atoms with E-state index >= 15 is 0 Å². The molecule has 1 aliphatic rings. The number of hydrogen-bond acceptors (Lipinski definition) is 3. The summed E-state index contributed by atoms with van der Waals surface area (Å²) in [6.45, 7) is 5.25. The lowest BCUT2D eigenvalue weighted by molar-refractivity contribution is -0.161. The highest BCUT2D eigenvalue weighted by molar-refractivity contribution is 5.73. The van der Waals surface area contributed by atoms with Gasteiger partial charge in [-0.1, -0.05) is 5.57 Å². The van der Waals surface area contributed by atoms with Gasteiger partial charge in [-0.3, -0.25) is 4.79 Å². The Kier molecular flexibility index (Phi) is 5.58. The average Bonchev–Trinajstić information content (AvgIpc) is 2.29. The third-order valence-electron chi connectivity index (χ3n) is 2.77. The predicted octanol–water partition coefficient (Wildman–Crippen LogP) is 2.46. The SMILES string of the molecule is C/C(C=O)=C(\C)CCOC1CCCCO1. The Bertz CT molecular complexity index is 227. The monoisotopic (exact) mass is 212 g/mol. The van der Waals surface area contributed by atoms with E-state index in [0.29, 0.717) is 6.61 Å². The van der Waals surface area contributed by atoms with Crippen molar-refractivity contribution in [3.05, 3.63) is 11.1 Å². The summed E-state index contributed by atoms with van der Waals surface area (Å²) in [4.78, 5) is 10.5. The molecule has 3 heteroatoms. The molecule has 1 unspecified atom stereocenters. The lowest BCUT2D eigenvalue weighted by Crippen LogP contribution is -2.22. The highest BCUT2D eigenvalue weighted by Gasteiger charge is 2.13. The minimum atomic E-state index is -0.0249. The first-order valence-electron chi connectivity index (χ1n) is 5.58. The molecule has 0 spiro atoms. The van der Waals surface area contributed by atoms with Gasteiger partial charge in [0.15, 0.2) is 6.29 Å². The maximum atomic E-state index is 10.5. The molecule has 3 nitrogen and oxygen atoms in total. The van der Waals surface area contributed by atoms with Gasteiger partial charge in [0, 0.05) is 6.61 Å². The molecule has 0 aromatic rings. The van der Waals surface area contributed by atoms with Crippen LogP contribution in [0.4, 0.5) is 0 Å². The Hall–Kier alpha value is -0.670. The number of hydrogen-bond donors (Lipinski definition) is 0. The Morgan fingerprint density at radius 1 is 1.47 bits per heavy atom. The summed E-state index contributed by atoms with van der Waals surface area (Å²) < 4.78 is 11.0. The standard InChI is InChI=1S/C12H20O3/c1-10(11(2)9-13)6-8-15-12-5-3-4-7-14-12/h9,12H,3-8H2,1-2H3/b11-10-. The van der Waals surface area contributed by atoms with Crippen molar-refractivity contribution in [1.82, 2.24) is 0 Å². The summed E-state index contributed by atoms with van der Waals surface area (Å²) in [5.41, 5.74) is 1.91. The summed E-state index contributed by atoms with van der Waals surface area (Å²) in [5, 5.41) is 0. The minimum absolute atomic E-state index is 0.0249.